The van der Waals surface area contributed by atoms with E-state index in [1.807, 2.05) is 32.0 Å². The fourth-order valence-electron chi connectivity index (χ4n) is 2.08. The van der Waals surface area contributed by atoms with Crippen LogP contribution in [0.1, 0.15) is 71.7 Å². The lowest BCUT2D eigenvalue weighted by Crippen LogP contribution is -2.25. The number of carbonyl (C=O) groups is 1. The third-order valence-corrected chi connectivity index (χ3v) is 4.55. The number of rotatable bonds is 9. The molecule has 1 N–H and O–H groups in total. The molecule has 0 fully saturated rings. The molecule has 0 aromatic heterocycles. The van der Waals surface area contributed by atoms with Crippen LogP contribution in [0.15, 0.2) is 64.9 Å². The number of nitriles is 1. The predicted octanol–water partition coefficient (Wildman–Crippen LogP) is 7.78. The highest BCUT2D eigenvalue weighted by molar-refractivity contribution is 8.03. The molecule has 30 heavy (non-hydrogen) atoms. The molecule has 1 amide bonds. The van der Waals surface area contributed by atoms with E-state index in [9.17, 15) is 4.79 Å². The van der Waals surface area contributed by atoms with Crippen molar-refractivity contribution in [1.29, 1.82) is 5.26 Å². The average molecular weight is 429 g/mol. The lowest BCUT2D eigenvalue weighted by molar-refractivity contribution is 0.0949. The topological polar surface area (TPSA) is 52.9 Å². The van der Waals surface area contributed by atoms with Crippen molar-refractivity contribution in [2.45, 2.75) is 66.2 Å². The Bertz CT molecular complexity index is 709. The third kappa shape index (κ3) is 13.8. The second kappa shape index (κ2) is 18.8. The molecule has 3 nitrogen and oxygen atoms in total. The second-order valence-corrected chi connectivity index (χ2v) is 8.50. The van der Waals surface area contributed by atoms with Crippen LogP contribution in [-0.4, -0.2) is 12.5 Å². The number of allylic oxidation sites excluding steroid dienone is 3. The SMILES string of the molecule is C=C/C(C#N)=C(\C=C)Sc1ccccc1C(=O)NCCCC(C)C.CC.CC(C)C. The molecule has 0 atom stereocenters. The van der Waals surface area contributed by atoms with Crippen LogP contribution in [0, 0.1) is 23.2 Å². The van der Waals surface area contributed by atoms with Crippen LogP contribution in [0.2, 0.25) is 0 Å². The number of carbonyl (C=O) groups excluding carboxylic acids is 1. The first kappa shape index (κ1) is 29.9. The third-order valence-electron chi connectivity index (χ3n) is 3.37. The van der Waals surface area contributed by atoms with E-state index in [0.717, 1.165) is 23.7 Å². The molecule has 0 aliphatic rings. The number of nitrogens with zero attached hydrogens (tertiary/aromatic N) is 1. The van der Waals surface area contributed by atoms with Gasteiger partial charge in [-0.05, 0) is 36.8 Å². The van der Waals surface area contributed by atoms with Gasteiger partial charge in [-0.3, -0.25) is 4.79 Å². The summed E-state index contributed by atoms with van der Waals surface area (Å²) in [5.74, 6) is 1.37. The van der Waals surface area contributed by atoms with Crippen LogP contribution in [-0.2, 0) is 0 Å². The van der Waals surface area contributed by atoms with Gasteiger partial charge < -0.3 is 5.32 Å². The highest BCUT2D eigenvalue weighted by Crippen LogP contribution is 2.32. The Hall–Kier alpha value is -2.25. The maximum absolute atomic E-state index is 12.4. The van der Waals surface area contributed by atoms with Crippen molar-refractivity contribution in [1.82, 2.24) is 5.32 Å². The molecule has 0 aliphatic heterocycles. The van der Waals surface area contributed by atoms with Crippen LogP contribution < -0.4 is 5.32 Å². The van der Waals surface area contributed by atoms with Crippen molar-refractivity contribution in [3.63, 3.8) is 0 Å². The highest BCUT2D eigenvalue weighted by Gasteiger charge is 2.13. The van der Waals surface area contributed by atoms with Crippen LogP contribution >= 0.6 is 11.8 Å². The number of hydrogen-bond acceptors (Lipinski definition) is 3. The summed E-state index contributed by atoms with van der Waals surface area (Å²) in [5, 5.41) is 12.1. The molecule has 0 heterocycles. The summed E-state index contributed by atoms with van der Waals surface area (Å²) in [5.41, 5.74) is 1.05. The van der Waals surface area contributed by atoms with Gasteiger partial charge in [-0.1, -0.05) is 97.7 Å². The summed E-state index contributed by atoms with van der Waals surface area (Å²) < 4.78 is 0. The fraction of sp³-hybridized carbons (Fsp3) is 0.462. The van der Waals surface area contributed by atoms with E-state index in [1.165, 1.54) is 17.8 Å². The second-order valence-electron chi connectivity index (χ2n) is 7.42. The highest BCUT2D eigenvalue weighted by atomic mass is 32.2. The molecule has 1 aromatic rings. The van der Waals surface area contributed by atoms with E-state index in [0.29, 0.717) is 28.5 Å². The molecule has 0 saturated carbocycles. The van der Waals surface area contributed by atoms with E-state index in [4.69, 9.17) is 5.26 Å². The summed E-state index contributed by atoms with van der Waals surface area (Å²) >= 11 is 1.35. The summed E-state index contributed by atoms with van der Waals surface area (Å²) in [6.07, 6.45) is 5.16. The van der Waals surface area contributed by atoms with Crippen LogP contribution in [0.25, 0.3) is 0 Å². The summed E-state index contributed by atoms with van der Waals surface area (Å²) in [4.78, 5) is 13.9. The molecule has 0 saturated heterocycles. The maximum Gasteiger partial charge on any atom is 0.252 e. The molecule has 0 radical (unpaired) electrons. The van der Waals surface area contributed by atoms with Gasteiger partial charge in [0.1, 0.15) is 6.07 Å². The van der Waals surface area contributed by atoms with Crippen LogP contribution in [0.5, 0.6) is 0 Å². The summed E-state index contributed by atoms with van der Waals surface area (Å²) in [6.45, 7) is 22.9. The molecule has 166 valence electrons. The minimum absolute atomic E-state index is 0.0950. The minimum Gasteiger partial charge on any atom is -0.352 e. The maximum atomic E-state index is 12.4. The Morgan fingerprint density at radius 1 is 1.13 bits per heavy atom. The zero-order valence-electron chi connectivity index (χ0n) is 19.9. The van der Waals surface area contributed by atoms with E-state index in [2.05, 4.69) is 59.2 Å². The average Bonchev–Trinajstić information content (AvgIpc) is 2.72. The van der Waals surface area contributed by atoms with E-state index < -0.39 is 0 Å². The van der Waals surface area contributed by atoms with Gasteiger partial charge in [0.05, 0.1) is 11.1 Å². The van der Waals surface area contributed by atoms with Crippen molar-refractivity contribution < 1.29 is 4.79 Å². The zero-order valence-corrected chi connectivity index (χ0v) is 20.7. The van der Waals surface area contributed by atoms with Gasteiger partial charge in [-0.2, -0.15) is 5.26 Å². The summed E-state index contributed by atoms with van der Waals surface area (Å²) in [6, 6.07) is 9.47. The van der Waals surface area contributed by atoms with E-state index in [1.54, 1.807) is 12.1 Å². The summed E-state index contributed by atoms with van der Waals surface area (Å²) in [7, 11) is 0. The lowest BCUT2D eigenvalue weighted by Gasteiger charge is -2.11. The smallest absolute Gasteiger partial charge is 0.252 e. The Labute approximate surface area is 189 Å². The Balaban J connectivity index is 0. The van der Waals surface area contributed by atoms with Crippen molar-refractivity contribution >= 4 is 17.7 Å². The standard InChI is InChI=1S/C20H24N2OS.C4H10.C2H6/c1-5-16(14-21)18(6-2)24-19-12-8-7-11-17(19)20(23)22-13-9-10-15(3)4;1-4(2)3;1-2/h5-8,11-12,15H,1-2,9-10,13H2,3-4H3,(H,22,23);4H,1-3H3;1-2H3/b18-16-;;. The first-order valence-electron chi connectivity index (χ1n) is 10.7. The molecule has 4 heteroatoms. The number of amides is 1. The largest absolute Gasteiger partial charge is 0.352 e. The van der Waals surface area contributed by atoms with Gasteiger partial charge in [0.25, 0.3) is 5.91 Å². The molecular weight excluding hydrogens is 388 g/mol. The van der Waals surface area contributed by atoms with Crippen molar-refractivity contribution in [3.8, 4) is 6.07 Å². The minimum atomic E-state index is -0.0950. The zero-order chi connectivity index (χ0) is 23.5. The molecule has 0 aliphatic carbocycles. The van der Waals surface area contributed by atoms with Crippen molar-refractivity contribution in [2.75, 3.05) is 6.54 Å². The molecule has 0 spiro atoms. The Kier molecular flexibility index (Phi) is 18.7. The lowest BCUT2D eigenvalue weighted by atomic mass is 10.1. The fourth-order valence-corrected chi connectivity index (χ4v) is 3.05. The Morgan fingerprint density at radius 3 is 2.17 bits per heavy atom. The molecule has 1 rings (SSSR count). The van der Waals surface area contributed by atoms with Gasteiger partial charge in [0.15, 0.2) is 0 Å². The van der Waals surface area contributed by atoms with Gasteiger partial charge in [-0.15, -0.1) is 0 Å². The first-order valence-corrected chi connectivity index (χ1v) is 11.5. The van der Waals surface area contributed by atoms with Crippen LogP contribution in [0.3, 0.4) is 0 Å². The van der Waals surface area contributed by atoms with E-state index >= 15 is 0 Å². The monoisotopic (exact) mass is 428 g/mol. The number of benzene rings is 1. The predicted molar refractivity (Wildman–Crippen MR) is 134 cm³/mol. The normalized spacial score (nSPS) is 10.5. The number of thioether (sulfide) groups is 1. The molecule has 0 bridgehead atoms. The van der Waals surface area contributed by atoms with Gasteiger partial charge in [0, 0.05) is 16.3 Å². The van der Waals surface area contributed by atoms with Crippen LogP contribution in [0.4, 0.5) is 0 Å². The first-order chi connectivity index (χ1) is 14.3. The quantitative estimate of drug-likeness (QED) is 0.189. The van der Waals surface area contributed by atoms with Gasteiger partial charge in [0.2, 0.25) is 0 Å². The van der Waals surface area contributed by atoms with Gasteiger partial charge in [-0.25, -0.2) is 0 Å². The van der Waals surface area contributed by atoms with E-state index in [-0.39, 0.29) is 5.91 Å². The van der Waals surface area contributed by atoms with Crippen molar-refractivity contribution in [2.24, 2.45) is 11.8 Å². The number of hydrogen-bond donors (Lipinski definition) is 1. The Morgan fingerprint density at radius 2 is 1.70 bits per heavy atom. The number of nitrogens with one attached hydrogen (secondary N) is 1. The van der Waals surface area contributed by atoms with Gasteiger partial charge >= 0.3 is 0 Å². The molecular formula is C26H40N2OS. The molecule has 0 unspecified atom stereocenters. The van der Waals surface area contributed by atoms with Crippen molar-refractivity contribution in [3.05, 3.63) is 65.6 Å². The molecule has 1 aromatic carbocycles.